The quantitative estimate of drug-likeness (QED) is 0.915. The maximum absolute atomic E-state index is 5.29. The molecule has 0 radical (unpaired) electrons. The Morgan fingerprint density at radius 3 is 2.52 bits per heavy atom. The first-order valence-corrected chi connectivity index (χ1v) is 7.08. The van der Waals surface area contributed by atoms with E-state index >= 15 is 0 Å². The topological polar surface area (TPSA) is 56.3 Å². The van der Waals surface area contributed by atoms with Crippen LogP contribution in [0.15, 0.2) is 24.5 Å². The van der Waals surface area contributed by atoms with Crippen molar-refractivity contribution in [1.29, 1.82) is 0 Å². The number of nitrogens with zero attached hydrogens (tertiary/aromatic N) is 2. The first kappa shape index (κ1) is 13.7. The smallest absolute Gasteiger partial charge is 0.133 e. The number of hydrogen-bond acceptors (Lipinski definition) is 5. The van der Waals surface area contributed by atoms with Gasteiger partial charge in [0.05, 0.1) is 14.2 Å². The second-order valence-corrected chi connectivity index (χ2v) is 5.08. The van der Waals surface area contributed by atoms with Crippen LogP contribution >= 0.6 is 0 Å². The highest BCUT2D eigenvalue weighted by Gasteiger charge is 2.16. The minimum absolute atomic E-state index is 0.678. The predicted molar refractivity (Wildman–Crippen MR) is 80.9 cm³/mol. The number of hydrogen-bond donors (Lipinski definition) is 1. The van der Waals surface area contributed by atoms with Crippen LogP contribution in [0.25, 0.3) is 0 Å². The first-order valence-electron chi connectivity index (χ1n) is 7.08. The third-order valence-corrected chi connectivity index (χ3v) is 3.75. The summed E-state index contributed by atoms with van der Waals surface area (Å²) in [7, 11) is 3.31. The van der Waals surface area contributed by atoms with Gasteiger partial charge in [-0.1, -0.05) is 0 Å². The van der Waals surface area contributed by atoms with Gasteiger partial charge in [0.15, 0.2) is 0 Å². The molecule has 21 heavy (non-hydrogen) atoms. The highest BCUT2D eigenvalue weighted by atomic mass is 16.5. The van der Waals surface area contributed by atoms with Crippen LogP contribution in [-0.2, 0) is 19.4 Å². The molecular formula is C16H19N3O2. The van der Waals surface area contributed by atoms with E-state index in [2.05, 4.69) is 15.3 Å². The lowest BCUT2D eigenvalue weighted by Crippen LogP contribution is -2.06. The molecule has 0 fully saturated rings. The van der Waals surface area contributed by atoms with Gasteiger partial charge in [-0.05, 0) is 37.0 Å². The second kappa shape index (κ2) is 5.99. The number of aryl methyl sites for hydroxylation is 1. The van der Waals surface area contributed by atoms with Crippen LogP contribution in [0.5, 0.6) is 11.5 Å². The molecule has 5 nitrogen and oxygen atoms in total. The summed E-state index contributed by atoms with van der Waals surface area (Å²) >= 11 is 0. The summed E-state index contributed by atoms with van der Waals surface area (Å²) in [4.78, 5) is 8.70. The Hall–Kier alpha value is -2.30. The van der Waals surface area contributed by atoms with Gasteiger partial charge in [-0.25, -0.2) is 9.97 Å². The molecule has 0 aliphatic heterocycles. The third kappa shape index (κ3) is 2.91. The Morgan fingerprint density at radius 2 is 1.81 bits per heavy atom. The molecule has 1 aromatic heterocycles. The van der Waals surface area contributed by atoms with Gasteiger partial charge in [0.25, 0.3) is 0 Å². The Morgan fingerprint density at radius 1 is 1.05 bits per heavy atom. The van der Waals surface area contributed by atoms with Crippen LogP contribution in [0.3, 0.4) is 0 Å². The van der Waals surface area contributed by atoms with Crippen molar-refractivity contribution in [3.8, 4) is 11.5 Å². The Labute approximate surface area is 124 Å². The molecule has 0 atom stereocenters. The monoisotopic (exact) mass is 285 g/mol. The largest absolute Gasteiger partial charge is 0.497 e. The third-order valence-electron chi connectivity index (χ3n) is 3.75. The van der Waals surface area contributed by atoms with Crippen LogP contribution in [0.1, 0.15) is 23.2 Å². The van der Waals surface area contributed by atoms with Crippen molar-refractivity contribution in [2.75, 3.05) is 19.5 Å². The number of methoxy groups -OCH3 is 2. The zero-order chi connectivity index (χ0) is 14.7. The van der Waals surface area contributed by atoms with Crippen LogP contribution in [0.2, 0.25) is 0 Å². The number of nitrogens with one attached hydrogen (secondary N) is 1. The molecule has 1 aliphatic carbocycles. The average Bonchev–Trinajstić information content (AvgIpc) is 3.01. The molecule has 1 heterocycles. The van der Waals surface area contributed by atoms with E-state index in [0.717, 1.165) is 42.1 Å². The highest BCUT2D eigenvalue weighted by Crippen LogP contribution is 2.27. The lowest BCUT2D eigenvalue weighted by Gasteiger charge is -2.11. The van der Waals surface area contributed by atoms with E-state index in [0.29, 0.717) is 6.54 Å². The zero-order valence-corrected chi connectivity index (χ0v) is 12.3. The number of aromatic nitrogens is 2. The second-order valence-electron chi connectivity index (χ2n) is 5.08. The van der Waals surface area contributed by atoms with Gasteiger partial charge in [0.1, 0.15) is 23.6 Å². The molecule has 0 spiro atoms. The molecular weight excluding hydrogens is 266 g/mol. The van der Waals surface area contributed by atoms with Gasteiger partial charge in [0.2, 0.25) is 0 Å². The maximum atomic E-state index is 5.29. The molecule has 1 aliphatic rings. The standard InChI is InChI=1S/C16H19N3O2/c1-20-12-6-11(7-13(8-12)21-2)9-17-16-14-4-3-5-15(14)18-10-19-16/h6-8,10H,3-5,9H2,1-2H3,(H,17,18,19). The number of rotatable bonds is 5. The molecule has 2 aromatic rings. The molecule has 110 valence electrons. The van der Waals surface area contributed by atoms with Crippen LogP contribution < -0.4 is 14.8 Å². The van der Waals surface area contributed by atoms with E-state index < -0.39 is 0 Å². The van der Waals surface area contributed by atoms with Crippen molar-refractivity contribution in [2.45, 2.75) is 25.8 Å². The van der Waals surface area contributed by atoms with E-state index in [9.17, 15) is 0 Å². The fourth-order valence-corrected chi connectivity index (χ4v) is 2.67. The highest BCUT2D eigenvalue weighted by molar-refractivity contribution is 5.49. The van der Waals surface area contributed by atoms with Crippen molar-refractivity contribution in [1.82, 2.24) is 9.97 Å². The molecule has 3 rings (SSSR count). The van der Waals surface area contributed by atoms with Crippen molar-refractivity contribution >= 4 is 5.82 Å². The van der Waals surface area contributed by atoms with E-state index in [4.69, 9.17) is 9.47 Å². The van der Waals surface area contributed by atoms with Gasteiger partial charge < -0.3 is 14.8 Å². The lowest BCUT2D eigenvalue weighted by molar-refractivity contribution is 0.393. The molecule has 0 saturated carbocycles. The molecule has 1 N–H and O–H groups in total. The number of anilines is 1. The first-order chi connectivity index (χ1) is 10.3. The minimum atomic E-state index is 0.678. The van der Waals surface area contributed by atoms with E-state index in [1.807, 2.05) is 18.2 Å². The van der Waals surface area contributed by atoms with Crippen LogP contribution in [-0.4, -0.2) is 24.2 Å². The molecule has 0 amide bonds. The number of benzene rings is 1. The predicted octanol–water partition coefficient (Wildman–Crippen LogP) is 2.59. The SMILES string of the molecule is COc1cc(CNc2ncnc3c2CCC3)cc(OC)c1. The van der Waals surface area contributed by atoms with Crippen molar-refractivity contribution in [3.05, 3.63) is 41.3 Å². The lowest BCUT2D eigenvalue weighted by atomic mass is 10.2. The average molecular weight is 285 g/mol. The zero-order valence-electron chi connectivity index (χ0n) is 12.3. The van der Waals surface area contributed by atoms with Gasteiger partial charge in [-0.3, -0.25) is 0 Å². The fourth-order valence-electron chi connectivity index (χ4n) is 2.67. The van der Waals surface area contributed by atoms with E-state index in [-0.39, 0.29) is 0 Å². The van der Waals surface area contributed by atoms with Crippen LogP contribution in [0.4, 0.5) is 5.82 Å². The summed E-state index contributed by atoms with van der Waals surface area (Å²) < 4.78 is 10.6. The Kier molecular flexibility index (Phi) is 3.90. The summed E-state index contributed by atoms with van der Waals surface area (Å²) in [6.07, 6.45) is 4.91. The van der Waals surface area contributed by atoms with Crippen molar-refractivity contribution in [2.24, 2.45) is 0 Å². The molecule has 0 unspecified atom stereocenters. The molecule has 0 bridgehead atoms. The van der Waals surface area contributed by atoms with Gasteiger partial charge >= 0.3 is 0 Å². The van der Waals surface area contributed by atoms with E-state index in [1.165, 1.54) is 11.3 Å². The fraction of sp³-hybridized carbons (Fsp3) is 0.375. The Balaban J connectivity index is 1.77. The van der Waals surface area contributed by atoms with Crippen molar-refractivity contribution < 1.29 is 9.47 Å². The summed E-state index contributed by atoms with van der Waals surface area (Å²) in [6.45, 7) is 0.678. The maximum Gasteiger partial charge on any atom is 0.133 e. The summed E-state index contributed by atoms with van der Waals surface area (Å²) in [5.41, 5.74) is 3.53. The summed E-state index contributed by atoms with van der Waals surface area (Å²) in [5, 5.41) is 3.40. The summed E-state index contributed by atoms with van der Waals surface area (Å²) in [6, 6.07) is 5.86. The van der Waals surface area contributed by atoms with Crippen LogP contribution in [0, 0.1) is 0 Å². The summed E-state index contributed by atoms with van der Waals surface area (Å²) in [5.74, 6) is 2.53. The molecule has 0 saturated heterocycles. The minimum Gasteiger partial charge on any atom is -0.497 e. The Bertz CT molecular complexity index is 621. The van der Waals surface area contributed by atoms with Gasteiger partial charge in [0, 0.05) is 23.9 Å². The normalized spacial score (nSPS) is 12.9. The molecule has 1 aromatic carbocycles. The van der Waals surface area contributed by atoms with Gasteiger partial charge in [-0.15, -0.1) is 0 Å². The van der Waals surface area contributed by atoms with E-state index in [1.54, 1.807) is 20.5 Å². The van der Waals surface area contributed by atoms with Gasteiger partial charge in [-0.2, -0.15) is 0 Å². The number of ether oxygens (including phenoxy) is 2. The molecule has 5 heteroatoms. The van der Waals surface area contributed by atoms with Crippen molar-refractivity contribution in [3.63, 3.8) is 0 Å². The number of fused-ring (bicyclic) bond motifs is 1.